The summed E-state index contributed by atoms with van der Waals surface area (Å²) >= 11 is 0. The van der Waals surface area contributed by atoms with Gasteiger partial charge in [0, 0.05) is 11.6 Å². The lowest BCUT2D eigenvalue weighted by Crippen LogP contribution is -2.65. The molecule has 2 bridgehead atoms. The molecule has 1 saturated heterocycles. The number of hydrogen-bond acceptors (Lipinski definition) is 6. The number of aliphatic hydroxyl groups is 1. The van der Waals surface area contributed by atoms with Gasteiger partial charge in [-0.3, -0.25) is 14.6 Å². The Hall–Kier alpha value is -2.49. The van der Waals surface area contributed by atoms with Gasteiger partial charge in [0.1, 0.15) is 11.7 Å². The summed E-state index contributed by atoms with van der Waals surface area (Å²) in [6.07, 6.45) is 3.27. The highest BCUT2D eigenvalue weighted by molar-refractivity contribution is 6.48. The second kappa shape index (κ2) is 9.92. The average Bonchev–Trinajstić information content (AvgIpc) is 3.23. The van der Waals surface area contributed by atoms with E-state index in [1.165, 1.54) is 6.92 Å². The van der Waals surface area contributed by atoms with Gasteiger partial charge in [-0.05, 0) is 67.7 Å². The third-order valence-electron chi connectivity index (χ3n) is 9.27. The van der Waals surface area contributed by atoms with E-state index in [0.29, 0.717) is 18.3 Å². The maximum atomic E-state index is 13.5. The average molecular weight is 521 g/mol. The molecule has 3 aliphatic carbocycles. The Kier molecular flexibility index (Phi) is 7.07. The Labute approximate surface area is 225 Å². The lowest BCUT2D eigenvalue weighted by atomic mass is 9.43. The van der Waals surface area contributed by atoms with Gasteiger partial charge in [-0.1, -0.05) is 52.0 Å². The van der Waals surface area contributed by atoms with E-state index >= 15 is 0 Å². The van der Waals surface area contributed by atoms with Crippen LogP contribution in [0, 0.1) is 23.2 Å². The van der Waals surface area contributed by atoms with E-state index in [1.807, 2.05) is 24.3 Å². The lowest BCUT2D eigenvalue weighted by molar-refractivity contribution is -0.199. The minimum absolute atomic E-state index is 0.00193. The van der Waals surface area contributed by atoms with Crippen molar-refractivity contribution in [3.05, 3.63) is 42.2 Å². The summed E-state index contributed by atoms with van der Waals surface area (Å²) in [5.41, 5.74) is 0.0170. The van der Waals surface area contributed by atoms with Crippen molar-refractivity contribution < 1.29 is 24.0 Å². The predicted molar refractivity (Wildman–Crippen MR) is 146 cm³/mol. The molecule has 0 spiro atoms. The fraction of sp³-hybridized carbons (Fsp3) is 0.621. The van der Waals surface area contributed by atoms with Crippen LogP contribution in [0.4, 0.5) is 0 Å². The molecule has 0 unspecified atom stereocenters. The summed E-state index contributed by atoms with van der Waals surface area (Å²) in [6, 6.07) is 8.13. The zero-order valence-corrected chi connectivity index (χ0v) is 23.2. The van der Waals surface area contributed by atoms with Gasteiger partial charge in [0.15, 0.2) is 0 Å². The molecule has 3 N–H and O–H groups in total. The molecular weight excluding hydrogens is 481 g/mol. The Morgan fingerprint density at radius 1 is 1.13 bits per heavy atom. The molecular formula is C29H40BN3O5. The first-order valence-electron chi connectivity index (χ1n) is 13.9. The second-order valence-electron chi connectivity index (χ2n) is 12.7. The number of benzene rings is 1. The highest BCUT2D eigenvalue weighted by atomic mass is 16.7. The van der Waals surface area contributed by atoms with Gasteiger partial charge in [-0.15, -0.1) is 0 Å². The summed E-state index contributed by atoms with van der Waals surface area (Å²) in [4.78, 5) is 30.7. The Morgan fingerprint density at radius 2 is 1.84 bits per heavy atom. The molecule has 1 aromatic heterocycles. The fourth-order valence-electron chi connectivity index (χ4n) is 6.92. The Bertz CT molecular complexity index is 1220. The minimum atomic E-state index is -1.16. The van der Waals surface area contributed by atoms with Gasteiger partial charge in [0.2, 0.25) is 5.91 Å². The van der Waals surface area contributed by atoms with E-state index < -0.39 is 37.0 Å². The van der Waals surface area contributed by atoms with Crippen molar-refractivity contribution in [2.24, 2.45) is 23.2 Å². The van der Waals surface area contributed by atoms with Crippen LogP contribution >= 0.6 is 0 Å². The molecule has 2 aromatic rings. The number of aliphatic hydroxyl groups excluding tert-OH is 1. The molecule has 204 valence electrons. The lowest BCUT2D eigenvalue weighted by Gasteiger charge is -2.64. The summed E-state index contributed by atoms with van der Waals surface area (Å²) in [5.74, 6) is -0.0953. The van der Waals surface area contributed by atoms with Crippen molar-refractivity contribution >= 4 is 29.7 Å². The van der Waals surface area contributed by atoms with Crippen molar-refractivity contribution in [3.63, 3.8) is 0 Å². The zero-order chi connectivity index (χ0) is 27.4. The van der Waals surface area contributed by atoms with Gasteiger partial charge in [-0.2, -0.15) is 0 Å². The van der Waals surface area contributed by atoms with Crippen molar-refractivity contribution in [3.8, 4) is 0 Å². The highest BCUT2D eigenvalue weighted by Gasteiger charge is 2.68. The smallest absolute Gasteiger partial charge is 0.404 e. The van der Waals surface area contributed by atoms with E-state index in [1.54, 1.807) is 12.3 Å². The van der Waals surface area contributed by atoms with Crippen molar-refractivity contribution in [1.29, 1.82) is 0 Å². The monoisotopic (exact) mass is 521 g/mol. The zero-order valence-electron chi connectivity index (χ0n) is 23.2. The Morgan fingerprint density at radius 3 is 2.50 bits per heavy atom. The number of nitrogens with zero attached hydrogens (tertiary/aromatic N) is 1. The number of nitrogens with one attached hydrogen (secondary N) is 2. The molecule has 8 nitrogen and oxygen atoms in total. The molecule has 3 saturated carbocycles. The number of hydrogen-bond donors (Lipinski definition) is 3. The van der Waals surface area contributed by atoms with Gasteiger partial charge in [0.05, 0.1) is 23.8 Å². The SMILES string of the molecule is CC(C)C[C@H](NC(=O)[C@@H](NC(=O)c1cc2ccccc2cn1)[C@@H](C)O)B1O[C@@H]2C[C@@H]3C[C@@H](C3(C)C)[C@]2(C)O1. The normalized spacial score (nSPS) is 29.8. The first-order valence-corrected chi connectivity index (χ1v) is 13.9. The minimum Gasteiger partial charge on any atom is -0.404 e. The number of rotatable bonds is 8. The second-order valence-corrected chi connectivity index (χ2v) is 12.7. The van der Waals surface area contributed by atoms with Crippen LogP contribution in [0.1, 0.15) is 71.3 Å². The molecule has 38 heavy (non-hydrogen) atoms. The quantitative estimate of drug-likeness (QED) is 0.459. The van der Waals surface area contributed by atoms with Crippen LogP contribution in [0.5, 0.6) is 0 Å². The highest BCUT2D eigenvalue weighted by Crippen LogP contribution is 2.65. The number of pyridine rings is 1. The third-order valence-corrected chi connectivity index (χ3v) is 9.27. The van der Waals surface area contributed by atoms with E-state index in [2.05, 4.69) is 50.2 Å². The van der Waals surface area contributed by atoms with E-state index in [0.717, 1.165) is 23.6 Å². The predicted octanol–water partition coefficient (Wildman–Crippen LogP) is 3.51. The number of aromatic nitrogens is 1. The standard InChI is InChI=1S/C29H40BN3O5/c1-16(2)11-24(30-37-23-14-20-13-22(28(20,4)5)29(23,6)38-30)32-27(36)25(17(3)34)33-26(35)21-12-18-9-7-8-10-19(18)15-31-21/h7-10,12,15-17,20,22-25,34H,11,13-14H2,1-6H3,(H,32,36)(H,33,35)/t17-,20+,22+,23-,24+,25+,29+/m1/s1. The van der Waals surface area contributed by atoms with Crippen LogP contribution in [0.2, 0.25) is 0 Å². The van der Waals surface area contributed by atoms with Gasteiger partial charge in [0.25, 0.3) is 5.91 Å². The van der Waals surface area contributed by atoms with Crippen LogP contribution in [0.15, 0.2) is 36.5 Å². The van der Waals surface area contributed by atoms with Gasteiger partial charge in [-0.25, -0.2) is 0 Å². The molecule has 4 aliphatic rings. The Balaban J connectivity index is 1.30. The maximum Gasteiger partial charge on any atom is 0.481 e. The van der Waals surface area contributed by atoms with Crippen LogP contribution in [0.3, 0.4) is 0 Å². The summed E-state index contributed by atoms with van der Waals surface area (Å²) < 4.78 is 13.1. The largest absolute Gasteiger partial charge is 0.481 e. The van der Waals surface area contributed by atoms with Gasteiger partial charge >= 0.3 is 7.12 Å². The van der Waals surface area contributed by atoms with E-state index in [-0.39, 0.29) is 28.7 Å². The van der Waals surface area contributed by atoms with Crippen molar-refractivity contribution in [2.75, 3.05) is 0 Å². The van der Waals surface area contributed by atoms with E-state index in [9.17, 15) is 14.7 Å². The molecule has 1 aliphatic heterocycles. The molecule has 9 heteroatoms. The molecule has 4 fully saturated rings. The van der Waals surface area contributed by atoms with Gasteiger partial charge < -0.3 is 25.0 Å². The maximum absolute atomic E-state index is 13.5. The first-order chi connectivity index (χ1) is 17.9. The molecule has 7 atom stereocenters. The number of amides is 2. The van der Waals surface area contributed by atoms with Crippen LogP contribution in [-0.4, -0.2) is 58.8 Å². The van der Waals surface area contributed by atoms with E-state index in [4.69, 9.17) is 9.31 Å². The molecule has 2 heterocycles. The van der Waals surface area contributed by atoms with Crippen molar-refractivity contribution in [1.82, 2.24) is 15.6 Å². The number of carbonyl (C=O) groups excluding carboxylic acids is 2. The molecule has 2 amide bonds. The topological polar surface area (TPSA) is 110 Å². The van der Waals surface area contributed by atoms with Crippen molar-refractivity contribution in [2.45, 2.75) is 90.6 Å². The number of fused-ring (bicyclic) bond motifs is 1. The fourth-order valence-corrected chi connectivity index (χ4v) is 6.92. The molecule has 1 aromatic carbocycles. The third kappa shape index (κ3) is 4.73. The van der Waals surface area contributed by atoms with Crippen LogP contribution in [-0.2, 0) is 14.1 Å². The summed E-state index contributed by atoms with van der Waals surface area (Å²) in [7, 11) is -0.584. The van der Waals surface area contributed by atoms with Crippen LogP contribution < -0.4 is 10.6 Å². The van der Waals surface area contributed by atoms with Crippen LogP contribution in [0.25, 0.3) is 10.8 Å². The number of carbonyl (C=O) groups is 2. The molecule has 0 radical (unpaired) electrons. The molecule has 6 rings (SSSR count). The summed E-state index contributed by atoms with van der Waals surface area (Å²) in [5, 5.41) is 18.0. The summed E-state index contributed by atoms with van der Waals surface area (Å²) in [6.45, 7) is 12.5. The first kappa shape index (κ1) is 27.1.